The molecule has 1 saturated heterocycles. The molecule has 0 radical (unpaired) electrons. The van der Waals surface area contributed by atoms with E-state index in [4.69, 9.17) is 21.9 Å². The highest BCUT2D eigenvalue weighted by molar-refractivity contribution is 7.90. The minimum Gasteiger partial charge on any atom is -0.475 e. The number of nitrogens with one attached hydrogen (secondary N) is 1. The first-order valence-electron chi connectivity index (χ1n) is 11.8. The number of amides is 1. The van der Waals surface area contributed by atoms with E-state index in [0.29, 0.717) is 36.0 Å². The van der Waals surface area contributed by atoms with Gasteiger partial charge in [0.15, 0.2) is 5.03 Å². The van der Waals surface area contributed by atoms with Gasteiger partial charge in [0, 0.05) is 36.8 Å². The van der Waals surface area contributed by atoms with Gasteiger partial charge in [0.2, 0.25) is 5.88 Å². The Morgan fingerprint density at radius 1 is 1.22 bits per heavy atom. The molecule has 1 amide bonds. The highest BCUT2D eigenvalue weighted by Gasteiger charge is 2.27. The van der Waals surface area contributed by atoms with Crippen LogP contribution in [0.5, 0.6) is 5.88 Å². The number of carbonyl (C=O) groups excluding carboxylic acids is 1. The molecule has 192 valence electrons. The number of anilines is 2. The molecule has 0 spiro atoms. The SMILES string of the molecule is C#CC1CCCN(c2nc(-c3ccc(OC(C)C)nc3)ccc2C(=O)NS(=O)(=O)c2cccc(N)n2)C1. The van der Waals surface area contributed by atoms with Gasteiger partial charge in [-0.3, -0.25) is 4.79 Å². The van der Waals surface area contributed by atoms with Crippen molar-refractivity contribution in [1.29, 1.82) is 0 Å². The predicted octanol–water partition coefficient (Wildman–Crippen LogP) is 2.88. The van der Waals surface area contributed by atoms with Crippen molar-refractivity contribution in [3.8, 4) is 29.5 Å². The molecule has 3 aromatic rings. The number of rotatable bonds is 7. The van der Waals surface area contributed by atoms with E-state index in [-0.39, 0.29) is 28.4 Å². The molecule has 1 atom stereocenters. The Morgan fingerprint density at radius 3 is 2.70 bits per heavy atom. The molecule has 1 aliphatic heterocycles. The maximum atomic E-state index is 13.2. The van der Waals surface area contributed by atoms with Gasteiger partial charge in [-0.1, -0.05) is 6.07 Å². The largest absolute Gasteiger partial charge is 0.475 e. The number of aromatic nitrogens is 3. The summed E-state index contributed by atoms with van der Waals surface area (Å²) in [6.07, 6.45) is 8.99. The lowest BCUT2D eigenvalue weighted by Crippen LogP contribution is -2.38. The molecule has 0 saturated carbocycles. The van der Waals surface area contributed by atoms with Crippen LogP contribution in [0.25, 0.3) is 11.3 Å². The van der Waals surface area contributed by atoms with Crippen LogP contribution in [-0.2, 0) is 10.0 Å². The number of sulfonamides is 1. The number of pyridine rings is 3. The third-order valence-corrected chi connectivity index (χ3v) is 6.94. The van der Waals surface area contributed by atoms with Gasteiger partial charge in [-0.2, -0.15) is 8.42 Å². The molecule has 1 fully saturated rings. The summed E-state index contributed by atoms with van der Waals surface area (Å²) in [6, 6.07) is 10.9. The number of ether oxygens (including phenoxy) is 1. The number of nitrogens with two attached hydrogens (primary N) is 1. The van der Waals surface area contributed by atoms with Crippen molar-refractivity contribution in [2.75, 3.05) is 23.7 Å². The number of piperidine rings is 1. The fraction of sp³-hybridized carbons (Fsp3) is 0.308. The van der Waals surface area contributed by atoms with Crippen molar-refractivity contribution >= 4 is 27.6 Å². The summed E-state index contributed by atoms with van der Waals surface area (Å²) in [6.45, 7) is 4.95. The summed E-state index contributed by atoms with van der Waals surface area (Å²) < 4.78 is 33.3. The van der Waals surface area contributed by atoms with Crippen molar-refractivity contribution in [2.45, 2.75) is 37.8 Å². The number of hydrogen-bond acceptors (Lipinski definition) is 9. The smallest absolute Gasteiger partial charge is 0.281 e. The Bertz CT molecular complexity index is 1430. The van der Waals surface area contributed by atoms with Gasteiger partial charge in [-0.05, 0) is 57.0 Å². The monoisotopic (exact) mass is 520 g/mol. The molecule has 0 aromatic carbocycles. The van der Waals surface area contributed by atoms with Crippen LogP contribution in [-0.4, -0.2) is 48.5 Å². The maximum Gasteiger partial charge on any atom is 0.281 e. The number of hydrogen-bond donors (Lipinski definition) is 2. The van der Waals surface area contributed by atoms with E-state index in [1.165, 1.54) is 18.2 Å². The highest BCUT2D eigenvalue weighted by atomic mass is 32.2. The van der Waals surface area contributed by atoms with Gasteiger partial charge in [0.05, 0.1) is 17.4 Å². The first-order chi connectivity index (χ1) is 17.7. The predicted molar refractivity (Wildman–Crippen MR) is 140 cm³/mol. The summed E-state index contributed by atoms with van der Waals surface area (Å²) in [4.78, 5) is 28.1. The first kappa shape index (κ1) is 25.9. The second-order valence-corrected chi connectivity index (χ2v) is 10.5. The van der Waals surface area contributed by atoms with E-state index >= 15 is 0 Å². The summed E-state index contributed by atoms with van der Waals surface area (Å²) in [5, 5.41) is -0.355. The summed E-state index contributed by atoms with van der Waals surface area (Å²) >= 11 is 0. The molecule has 11 heteroatoms. The lowest BCUT2D eigenvalue weighted by atomic mass is 9.98. The lowest BCUT2D eigenvalue weighted by molar-refractivity contribution is 0.0981. The van der Waals surface area contributed by atoms with Gasteiger partial charge in [-0.25, -0.2) is 19.7 Å². The van der Waals surface area contributed by atoms with Crippen molar-refractivity contribution < 1.29 is 17.9 Å². The Kier molecular flexibility index (Phi) is 7.59. The van der Waals surface area contributed by atoms with E-state index in [1.807, 2.05) is 24.8 Å². The molecular weight excluding hydrogens is 492 g/mol. The summed E-state index contributed by atoms with van der Waals surface area (Å²) in [5.41, 5.74) is 7.00. The molecule has 10 nitrogen and oxygen atoms in total. The molecular formula is C26H28N6O4S. The molecule has 4 rings (SSSR count). The minimum atomic E-state index is -4.26. The Balaban J connectivity index is 1.69. The molecule has 37 heavy (non-hydrogen) atoms. The number of terminal acetylenes is 1. The minimum absolute atomic E-state index is 0.00974. The third kappa shape index (κ3) is 6.16. The van der Waals surface area contributed by atoms with Crippen LogP contribution in [0.1, 0.15) is 37.0 Å². The highest BCUT2D eigenvalue weighted by Crippen LogP contribution is 2.29. The van der Waals surface area contributed by atoms with Crippen LogP contribution in [0.15, 0.2) is 53.7 Å². The van der Waals surface area contributed by atoms with Gasteiger partial charge >= 0.3 is 0 Å². The first-order valence-corrected chi connectivity index (χ1v) is 13.3. The van der Waals surface area contributed by atoms with Crippen LogP contribution in [0, 0.1) is 18.3 Å². The standard InChI is InChI=1S/C26H28N6O4S/c1-4-18-7-6-14-32(16-18)25-20(26(33)31-37(34,35)24-9-5-8-22(27)30-24)11-12-21(29-25)19-10-13-23(28-15-19)36-17(2)3/h1,5,8-13,15,17-18H,6-7,14,16H2,2-3H3,(H2,27,30)(H,31,33). The number of carbonyl (C=O) groups is 1. The van der Waals surface area contributed by atoms with E-state index in [0.717, 1.165) is 12.8 Å². The molecule has 0 bridgehead atoms. The topological polar surface area (TPSA) is 140 Å². The second kappa shape index (κ2) is 10.8. The Morgan fingerprint density at radius 2 is 2.03 bits per heavy atom. The zero-order valence-corrected chi connectivity index (χ0v) is 21.4. The zero-order chi connectivity index (χ0) is 26.6. The summed E-state index contributed by atoms with van der Waals surface area (Å²) in [7, 11) is -4.26. The molecule has 3 N–H and O–H groups in total. The Hall–Kier alpha value is -4.17. The molecule has 1 unspecified atom stereocenters. The average Bonchev–Trinajstić information content (AvgIpc) is 2.88. The van der Waals surface area contributed by atoms with Crippen LogP contribution in [0.2, 0.25) is 0 Å². The maximum absolute atomic E-state index is 13.2. The fourth-order valence-electron chi connectivity index (χ4n) is 3.99. The fourth-order valence-corrected chi connectivity index (χ4v) is 4.93. The van der Waals surface area contributed by atoms with Gasteiger partial charge in [0.25, 0.3) is 15.9 Å². The molecule has 1 aliphatic rings. The second-order valence-electron chi connectivity index (χ2n) is 8.91. The van der Waals surface area contributed by atoms with E-state index < -0.39 is 15.9 Å². The number of nitrogen functional groups attached to an aromatic ring is 1. The van der Waals surface area contributed by atoms with E-state index in [2.05, 4.69) is 20.6 Å². The Labute approximate surface area is 216 Å². The van der Waals surface area contributed by atoms with Crippen molar-refractivity contribution in [1.82, 2.24) is 19.7 Å². The van der Waals surface area contributed by atoms with Crippen LogP contribution < -0.4 is 20.1 Å². The lowest BCUT2D eigenvalue weighted by Gasteiger charge is -2.32. The van der Waals surface area contributed by atoms with Crippen molar-refractivity contribution in [2.24, 2.45) is 5.92 Å². The van der Waals surface area contributed by atoms with Crippen LogP contribution in [0.3, 0.4) is 0 Å². The summed E-state index contributed by atoms with van der Waals surface area (Å²) in [5.74, 6) is 2.78. The van der Waals surface area contributed by atoms with Crippen molar-refractivity contribution in [3.05, 3.63) is 54.2 Å². The van der Waals surface area contributed by atoms with Crippen molar-refractivity contribution in [3.63, 3.8) is 0 Å². The van der Waals surface area contributed by atoms with Crippen LogP contribution in [0.4, 0.5) is 11.6 Å². The van der Waals surface area contributed by atoms with E-state index in [9.17, 15) is 13.2 Å². The quantitative estimate of drug-likeness (QED) is 0.450. The van der Waals surface area contributed by atoms with E-state index in [1.54, 1.807) is 24.4 Å². The zero-order valence-electron chi connectivity index (χ0n) is 20.6. The molecule has 4 heterocycles. The molecule has 3 aromatic heterocycles. The van der Waals surface area contributed by atoms with Gasteiger partial charge in [0.1, 0.15) is 11.6 Å². The van der Waals surface area contributed by atoms with Gasteiger partial charge < -0.3 is 15.4 Å². The normalized spacial score (nSPS) is 15.7. The van der Waals surface area contributed by atoms with Crippen LogP contribution >= 0.6 is 0 Å². The van der Waals surface area contributed by atoms with Gasteiger partial charge in [-0.15, -0.1) is 12.3 Å². The average molecular weight is 521 g/mol. The molecule has 0 aliphatic carbocycles. The number of nitrogens with zero attached hydrogens (tertiary/aromatic N) is 4. The third-order valence-electron chi connectivity index (χ3n) is 5.71.